The summed E-state index contributed by atoms with van der Waals surface area (Å²) >= 11 is 0. The molecule has 1 aromatic heterocycles. The molecule has 0 radical (unpaired) electrons. The van der Waals surface area contributed by atoms with Crippen molar-refractivity contribution in [2.24, 2.45) is 0 Å². The summed E-state index contributed by atoms with van der Waals surface area (Å²) in [5.74, 6) is -1.59. The maximum absolute atomic E-state index is 13.9. The van der Waals surface area contributed by atoms with Crippen molar-refractivity contribution in [3.05, 3.63) is 82.7 Å². The van der Waals surface area contributed by atoms with Gasteiger partial charge in [-0.25, -0.2) is 13.5 Å². The number of nitrogens with zero attached hydrogens (tertiary/aromatic N) is 3. The van der Waals surface area contributed by atoms with Crippen LogP contribution in [0, 0.1) is 25.5 Å². The van der Waals surface area contributed by atoms with Crippen LogP contribution in [0.15, 0.2) is 48.5 Å². The first-order valence-electron chi connectivity index (χ1n) is 8.19. The molecule has 0 aliphatic heterocycles. The van der Waals surface area contributed by atoms with Gasteiger partial charge in [-0.1, -0.05) is 30.3 Å². The fraction of sp³-hybridized carbons (Fsp3) is 0.250. The summed E-state index contributed by atoms with van der Waals surface area (Å²) < 4.78 is 29.2. The van der Waals surface area contributed by atoms with E-state index in [0.29, 0.717) is 18.7 Å². The molecule has 0 aliphatic rings. The van der Waals surface area contributed by atoms with Gasteiger partial charge < -0.3 is 0 Å². The molecule has 1 heterocycles. The van der Waals surface area contributed by atoms with Gasteiger partial charge in [-0.15, -0.1) is 0 Å². The van der Waals surface area contributed by atoms with Crippen molar-refractivity contribution < 1.29 is 8.78 Å². The van der Waals surface area contributed by atoms with Crippen molar-refractivity contribution >= 4 is 0 Å². The van der Waals surface area contributed by atoms with E-state index >= 15 is 0 Å². The van der Waals surface area contributed by atoms with Gasteiger partial charge in [-0.3, -0.25) is 4.90 Å². The topological polar surface area (TPSA) is 21.1 Å². The van der Waals surface area contributed by atoms with Gasteiger partial charge in [-0.05, 0) is 39.1 Å². The first kappa shape index (κ1) is 17.3. The van der Waals surface area contributed by atoms with Crippen molar-refractivity contribution in [2.45, 2.75) is 26.9 Å². The summed E-state index contributed by atoms with van der Waals surface area (Å²) in [6, 6.07) is 14.2. The summed E-state index contributed by atoms with van der Waals surface area (Å²) in [7, 11) is 1.89. The number of aryl methyl sites for hydroxylation is 1. The molecule has 0 saturated heterocycles. The van der Waals surface area contributed by atoms with Gasteiger partial charge >= 0.3 is 0 Å². The highest BCUT2D eigenvalue weighted by Crippen LogP contribution is 2.20. The Morgan fingerprint density at radius 2 is 1.68 bits per heavy atom. The Labute approximate surface area is 146 Å². The Hall–Kier alpha value is -2.53. The van der Waals surface area contributed by atoms with Crippen molar-refractivity contribution in [2.75, 3.05) is 7.05 Å². The molecule has 0 amide bonds. The van der Waals surface area contributed by atoms with E-state index in [0.717, 1.165) is 28.7 Å². The molecule has 0 saturated carbocycles. The molecule has 3 rings (SSSR count). The Bertz CT molecular complexity index is 872. The second-order valence-corrected chi connectivity index (χ2v) is 6.28. The van der Waals surface area contributed by atoms with Crippen LogP contribution in [0.2, 0.25) is 0 Å². The molecular formula is C20H21F2N3. The van der Waals surface area contributed by atoms with Crippen LogP contribution in [0.25, 0.3) is 5.69 Å². The molecule has 0 atom stereocenters. The lowest BCUT2D eigenvalue weighted by molar-refractivity contribution is 0.310. The SMILES string of the molecule is Cc1nn(-c2ccccc2)c(C)c1CN(C)Cc1cccc(F)c1F. The van der Waals surface area contributed by atoms with Crippen LogP contribution in [0.1, 0.15) is 22.5 Å². The lowest BCUT2D eigenvalue weighted by Gasteiger charge is -2.17. The number of aromatic nitrogens is 2. The lowest BCUT2D eigenvalue weighted by Crippen LogP contribution is -2.19. The molecule has 3 nitrogen and oxygen atoms in total. The number of hydrogen-bond acceptors (Lipinski definition) is 2. The van der Waals surface area contributed by atoms with Gasteiger partial charge in [0, 0.05) is 29.9 Å². The van der Waals surface area contributed by atoms with Gasteiger partial charge in [-0.2, -0.15) is 5.10 Å². The van der Waals surface area contributed by atoms with E-state index in [-0.39, 0.29) is 0 Å². The quantitative estimate of drug-likeness (QED) is 0.686. The maximum atomic E-state index is 13.9. The molecule has 0 bridgehead atoms. The summed E-state index contributed by atoms with van der Waals surface area (Å²) in [6.07, 6.45) is 0. The molecule has 0 unspecified atom stereocenters. The fourth-order valence-electron chi connectivity index (χ4n) is 3.01. The van der Waals surface area contributed by atoms with Gasteiger partial charge in [0.15, 0.2) is 11.6 Å². The van der Waals surface area contributed by atoms with Gasteiger partial charge in [0.2, 0.25) is 0 Å². The van der Waals surface area contributed by atoms with E-state index in [2.05, 4.69) is 5.10 Å². The van der Waals surface area contributed by atoms with E-state index in [9.17, 15) is 8.78 Å². The molecule has 25 heavy (non-hydrogen) atoms. The molecular weight excluding hydrogens is 320 g/mol. The van der Waals surface area contributed by atoms with Crippen molar-refractivity contribution in [3.63, 3.8) is 0 Å². The van der Waals surface area contributed by atoms with E-state index in [1.807, 2.05) is 60.8 Å². The highest BCUT2D eigenvalue weighted by molar-refractivity contribution is 5.37. The van der Waals surface area contributed by atoms with Crippen LogP contribution in [0.4, 0.5) is 8.78 Å². The maximum Gasteiger partial charge on any atom is 0.163 e. The first-order valence-corrected chi connectivity index (χ1v) is 8.19. The Balaban J connectivity index is 1.81. The highest BCUT2D eigenvalue weighted by atomic mass is 19.2. The molecule has 0 fully saturated rings. The van der Waals surface area contributed by atoms with Gasteiger partial charge in [0.1, 0.15) is 0 Å². The smallest absolute Gasteiger partial charge is 0.163 e. The molecule has 130 valence electrons. The van der Waals surface area contributed by atoms with Gasteiger partial charge in [0.25, 0.3) is 0 Å². The van der Waals surface area contributed by atoms with E-state index in [1.54, 1.807) is 6.07 Å². The number of rotatable bonds is 5. The third-order valence-corrected chi connectivity index (χ3v) is 4.34. The van der Waals surface area contributed by atoms with Crippen LogP contribution >= 0.6 is 0 Å². The van der Waals surface area contributed by atoms with Crippen LogP contribution in [-0.2, 0) is 13.1 Å². The largest absolute Gasteiger partial charge is 0.298 e. The predicted octanol–water partition coefficient (Wildman–Crippen LogP) is 4.40. The zero-order valence-electron chi connectivity index (χ0n) is 14.6. The number of hydrogen-bond donors (Lipinski definition) is 0. The molecule has 0 aliphatic carbocycles. The summed E-state index contributed by atoms with van der Waals surface area (Å²) in [4.78, 5) is 1.96. The minimum atomic E-state index is -0.810. The standard InChI is InChI=1S/C20H21F2N3/c1-14-18(15(2)25(23-14)17-9-5-4-6-10-17)13-24(3)12-16-8-7-11-19(21)20(16)22/h4-11H,12-13H2,1-3H3. The van der Waals surface area contributed by atoms with Gasteiger partial charge in [0.05, 0.1) is 11.4 Å². The van der Waals surface area contributed by atoms with E-state index in [1.165, 1.54) is 6.07 Å². The summed E-state index contributed by atoms with van der Waals surface area (Å²) in [5, 5.41) is 4.63. The zero-order chi connectivity index (χ0) is 18.0. The van der Waals surface area contributed by atoms with Crippen LogP contribution in [0.3, 0.4) is 0 Å². The minimum absolute atomic E-state index is 0.332. The molecule has 3 aromatic rings. The second-order valence-electron chi connectivity index (χ2n) is 6.28. The van der Waals surface area contributed by atoms with Crippen LogP contribution in [0.5, 0.6) is 0 Å². The number of benzene rings is 2. The van der Waals surface area contributed by atoms with Crippen molar-refractivity contribution in [3.8, 4) is 5.69 Å². The average molecular weight is 341 g/mol. The molecule has 0 spiro atoms. The Morgan fingerprint density at radius 3 is 2.40 bits per heavy atom. The Kier molecular flexibility index (Phi) is 4.95. The third kappa shape index (κ3) is 3.61. The monoisotopic (exact) mass is 341 g/mol. The second kappa shape index (κ2) is 7.15. The Morgan fingerprint density at radius 1 is 0.960 bits per heavy atom. The van der Waals surface area contributed by atoms with Crippen LogP contribution in [-0.4, -0.2) is 21.7 Å². The number of para-hydroxylation sites is 1. The normalized spacial score (nSPS) is 11.3. The average Bonchev–Trinajstić information content (AvgIpc) is 2.88. The number of halogens is 2. The third-order valence-electron chi connectivity index (χ3n) is 4.34. The lowest BCUT2D eigenvalue weighted by atomic mass is 10.1. The predicted molar refractivity (Wildman–Crippen MR) is 94.6 cm³/mol. The first-order chi connectivity index (χ1) is 12.0. The van der Waals surface area contributed by atoms with Crippen LogP contribution < -0.4 is 0 Å². The fourth-order valence-corrected chi connectivity index (χ4v) is 3.01. The minimum Gasteiger partial charge on any atom is -0.298 e. The summed E-state index contributed by atoms with van der Waals surface area (Å²) in [6.45, 7) is 4.94. The van der Waals surface area contributed by atoms with E-state index in [4.69, 9.17) is 0 Å². The molecule has 0 N–H and O–H groups in total. The molecule has 5 heteroatoms. The van der Waals surface area contributed by atoms with Crippen molar-refractivity contribution in [1.82, 2.24) is 14.7 Å². The highest BCUT2D eigenvalue weighted by Gasteiger charge is 2.16. The zero-order valence-corrected chi connectivity index (χ0v) is 14.6. The summed E-state index contributed by atoms with van der Waals surface area (Å²) in [5.41, 5.74) is 4.45. The van der Waals surface area contributed by atoms with Crippen molar-refractivity contribution in [1.29, 1.82) is 0 Å². The molecule has 2 aromatic carbocycles. The van der Waals surface area contributed by atoms with E-state index < -0.39 is 11.6 Å².